The van der Waals surface area contributed by atoms with E-state index in [0.717, 1.165) is 5.02 Å². The molecule has 1 nitrogen and oxygen atoms in total. The van der Waals surface area contributed by atoms with Crippen LogP contribution in [0.15, 0.2) is 54.6 Å². The summed E-state index contributed by atoms with van der Waals surface area (Å²) in [5.74, 6) is 0. The van der Waals surface area contributed by atoms with Crippen molar-refractivity contribution < 1.29 is 5.73 Å². The molecule has 1 atom stereocenters. The van der Waals surface area contributed by atoms with Crippen LogP contribution in [-0.2, 0) is 0 Å². The molecule has 0 amide bonds. The number of rotatable bonds is 2. The van der Waals surface area contributed by atoms with Crippen molar-refractivity contribution in [1.82, 2.24) is 0 Å². The van der Waals surface area contributed by atoms with Crippen molar-refractivity contribution in [2.75, 3.05) is 0 Å². The molecule has 0 aromatic heterocycles. The van der Waals surface area contributed by atoms with Gasteiger partial charge in [-0.25, -0.2) is 0 Å². The normalized spacial score (nSPS) is 12.4. The quantitative estimate of drug-likeness (QED) is 0.803. The number of hydrogen-bond donors (Lipinski definition) is 1. The van der Waals surface area contributed by atoms with Crippen LogP contribution in [0.3, 0.4) is 0 Å². The van der Waals surface area contributed by atoms with Crippen LogP contribution in [-0.4, -0.2) is 0 Å². The predicted molar refractivity (Wildman–Crippen MR) is 62.6 cm³/mol. The van der Waals surface area contributed by atoms with E-state index in [4.69, 9.17) is 11.6 Å². The molecule has 0 heterocycles. The molecule has 3 N–H and O–H groups in total. The highest BCUT2D eigenvalue weighted by atomic mass is 35.5. The molecule has 0 fully saturated rings. The SMILES string of the molecule is [NH3+][C@H](c1ccccc1)c1ccc(Cl)cc1. The first kappa shape index (κ1) is 10.2. The minimum atomic E-state index is 0.170. The molecular formula is C13H13ClN+. The van der Waals surface area contributed by atoms with E-state index < -0.39 is 0 Å². The van der Waals surface area contributed by atoms with Gasteiger partial charge in [0.05, 0.1) is 0 Å². The van der Waals surface area contributed by atoms with Gasteiger partial charge in [-0.15, -0.1) is 0 Å². The third kappa shape index (κ3) is 2.38. The fourth-order valence-corrected chi connectivity index (χ4v) is 1.70. The summed E-state index contributed by atoms with van der Waals surface area (Å²) in [6.07, 6.45) is 0. The number of halogens is 1. The molecular weight excluding hydrogens is 206 g/mol. The molecule has 2 rings (SSSR count). The zero-order valence-electron chi connectivity index (χ0n) is 8.36. The van der Waals surface area contributed by atoms with Crippen molar-refractivity contribution in [2.24, 2.45) is 0 Å². The number of benzene rings is 2. The minimum Gasteiger partial charge on any atom is -0.348 e. The largest absolute Gasteiger partial charge is 0.348 e. The molecule has 2 aromatic carbocycles. The van der Waals surface area contributed by atoms with E-state index in [1.807, 2.05) is 42.5 Å². The van der Waals surface area contributed by atoms with Crippen LogP contribution in [0.25, 0.3) is 0 Å². The lowest BCUT2D eigenvalue weighted by Crippen LogP contribution is -2.53. The van der Waals surface area contributed by atoms with Gasteiger partial charge in [-0.05, 0) is 12.1 Å². The van der Waals surface area contributed by atoms with Crippen molar-refractivity contribution in [3.8, 4) is 0 Å². The Balaban J connectivity index is 2.29. The Morgan fingerprint density at radius 1 is 0.800 bits per heavy atom. The second kappa shape index (κ2) is 4.47. The van der Waals surface area contributed by atoms with Crippen LogP contribution in [0.2, 0.25) is 5.02 Å². The molecule has 76 valence electrons. The zero-order chi connectivity index (χ0) is 10.7. The van der Waals surface area contributed by atoms with Crippen LogP contribution < -0.4 is 5.73 Å². The highest BCUT2D eigenvalue weighted by Crippen LogP contribution is 2.19. The Morgan fingerprint density at radius 3 is 1.93 bits per heavy atom. The lowest BCUT2D eigenvalue weighted by Gasteiger charge is -2.08. The van der Waals surface area contributed by atoms with E-state index in [1.54, 1.807) is 0 Å². The van der Waals surface area contributed by atoms with Crippen molar-refractivity contribution >= 4 is 11.6 Å². The summed E-state index contributed by atoms with van der Waals surface area (Å²) in [6, 6.07) is 18.3. The molecule has 0 saturated heterocycles. The molecule has 0 spiro atoms. The molecule has 0 aliphatic carbocycles. The number of quaternary nitrogens is 1. The first-order chi connectivity index (χ1) is 7.27. The third-order valence-electron chi connectivity index (χ3n) is 2.47. The van der Waals surface area contributed by atoms with Crippen LogP contribution in [0.4, 0.5) is 0 Å². The van der Waals surface area contributed by atoms with Crippen molar-refractivity contribution in [3.63, 3.8) is 0 Å². The molecule has 0 aliphatic heterocycles. The fraction of sp³-hybridized carbons (Fsp3) is 0.0769. The van der Waals surface area contributed by atoms with Crippen molar-refractivity contribution in [3.05, 3.63) is 70.7 Å². The Morgan fingerprint density at radius 2 is 1.33 bits per heavy atom. The molecule has 0 saturated carbocycles. The van der Waals surface area contributed by atoms with Gasteiger partial charge in [-0.1, -0.05) is 54.1 Å². The summed E-state index contributed by atoms with van der Waals surface area (Å²) in [6.45, 7) is 0. The van der Waals surface area contributed by atoms with Gasteiger partial charge in [0.15, 0.2) is 0 Å². The van der Waals surface area contributed by atoms with E-state index in [-0.39, 0.29) is 6.04 Å². The van der Waals surface area contributed by atoms with Gasteiger partial charge in [-0.2, -0.15) is 0 Å². The third-order valence-corrected chi connectivity index (χ3v) is 2.73. The minimum absolute atomic E-state index is 0.170. The van der Waals surface area contributed by atoms with Crippen LogP contribution >= 0.6 is 11.6 Å². The van der Waals surface area contributed by atoms with Crippen molar-refractivity contribution in [2.45, 2.75) is 6.04 Å². The summed E-state index contributed by atoms with van der Waals surface area (Å²) in [4.78, 5) is 0. The van der Waals surface area contributed by atoms with Crippen LogP contribution in [0.1, 0.15) is 17.2 Å². The van der Waals surface area contributed by atoms with Crippen LogP contribution in [0, 0.1) is 0 Å². The van der Waals surface area contributed by atoms with Gasteiger partial charge in [0.2, 0.25) is 0 Å². The van der Waals surface area contributed by atoms with Gasteiger partial charge in [-0.3, -0.25) is 0 Å². The fourth-order valence-electron chi connectivity index (χ4n) is 1.57. The van der Waals surface area contributed by atoms with Gasteiger partial charge in [0.25, 0.3) is 0 Å². The summed E-state index contributed by atoms with van der Waals surface area (Å²) in [5.41, 5.74) is 6.57. The molecule has 2 heteroatoms. The molecule has 0 aliphatic rings. The van der Waals surface area contributed by atoms with Gasteiger partial charge >= 0.3 is 0 Å². The van der Waals surface area contributed by atoms with E-state index in [2.05, 4.69) is 17.9 Å². The van der Waals surface area contributed by atoms with Gasteiger partial charge in [0.1, 0.15) is 6.04 Å². The van der Waals surface area contributed by atoms with Crippen LogP contribution in [0.5, 0.6) is 0 Å². The van der Waals surface area contributed by atoms with Gasteiger partial charge in [0, 0.05) is 16.1 Å². The predicted octanol–water partition coefficient (Wildman–Crippen LogP) is 2.67. The highest BCUT2D eigenvalue weighted by Gasteiger charge is 2.10. The lowest BCUT2D eigenvalue weighted by atomic mass is 10.00. The molecule has 15 heavy (non-hydrogen) atoms. The maximum atomic E-state index is 5.84. The summed E-state index contributed by atoms with van der Waals surface area (Å²) in [5, 5.41) is 0.763. The second-order valence-corrected chi connectivity index (χ2v) is 3.95. The maximum Gasteiger partial charge on any atom is 0.136 e. The molecule has 0 radical (unpaired) electrons. The van der Waals surface area contributed by atoms with Crippen molar-refractivity contribution in [1.29, 1.82) is 0 Å². The molecule has 0 unspecified atom stereocenters. The Kier molecular flexibility index (Phi) is 3.05. The Bertz CT molecular complexity index is 422. The lowest BCUT2D eigenvalue weighted by molar-refractivity contribution is -0.411. The zero-order valence-corrected chi connectivity index (χ0v) is 9.11. The summed E-state index contributed by atoms with van der Waals surface area (Å²) >= 11 is 5.84. The van der Waals surface area contributed by atoms with E-state index in [9.17, 15) is 0 Å². The second-order valence-electron chi connectivity index (χ2n) is 3.51. The number of hydrogen-bond acceptors (Lipinski definition) is 0. The average Bonchev–Trinajstić information content (AvgIpc) is 2.30. The first-order valence-corrected chi connectivity index (χ1v) is 5.28. The monoisotopic (exact) mass is 218 g/mol. The summed E-state index contributed by atoms with van der Waals surface area (Å²) < 4.78 is 0. The van der Waals surface area contributed by atoms with E-state index in [1.165, 1.54) is 11.1 Å². The maximum absolute atomic E-state index is 5.84. The average molecular weight is 219 g/mol. The smallest absolute Gasteiger partial charge is 0.136 e. The highest BCUT2D eigenvalue weighted by molar-refractivity contribution is 6.30. The molecule has 2 aromatic rings. The summed E-state index contributed by atoms with van der Waals surface area (Å²) in [7, 11) is 0. The van der Waals surface area contributed by atoms with E-state index in [0.29, 0.717) is 0 Å². The molecule has 0 bridgehead atoms. The standard InChI is InChI=1S/C13H12ClN/c14-12-8-6-11(7-9-12)13(15)10-4-2-1-3-5-10/h1-9,13H,15H2/p+1/t13-/m1/s1. The van der Waals surface area contributed by atoms with E-state index >= 15 is 0 Å². The topological polar surface area (TPSA) is 27.6 Å². The Labute approximate surface area is 94.5 Å². The Hall–Kier alpha value is -1.31. The van der Waals surface area contributed by atoms with Gasteiger partial charge < -0.3 is 5.73 Å². The first-order valence-electron chi connectivity index (χ1n) is 4.91.